The maximum absolute atomic E-state index is 13.9. The number of nitrogens with zero attached hydrogens (tertiary/aromatic N) is 1. The number of methoxy groups -OCH3 is 1. The second-order valence-electron chi connectivity index (χ2n) is 4.33. The number of benzene rings is 1. The van der Waals surface area contributed by atoms with E-state index in [1.54, 1.807) is 6.07 Å². The first-order valence-corrected chi connectivity index (χ1v) is 5.59. The summed E-state index contributed by atoms with van der Waals surface area (Å²) in [5.74, 6) is -1.14. The van der Waals surface area contributed by atoms with Crippen LogP contribution in [-0.2, 0) is 11.8 Å². The molecular weight excluding hydrogens is 221 g/mol. The van der Waals surface area contributed by atoms with Crippen molar-refractivity contribution < 1.29 is 14.2 Å². The Labute approximate surface area is 99.4 Å². The maximum Gasteiger partial charge on any atom is 0.207 e. The molecule has 0 amide bonds. The van der Waals surface area contributed by atoms with Crippen LogP contribution in [0.2, 0.25) is 0 Å². The molecule has 0 bridgehead atoms. The van der Waals surface area contributed by atoms with E-state index in [-0.39, 0.29) is 5.75 Å². The number of aromatic hydroxyl groups is 1. The first kappa shape index (κ1) is 11.7. The molecule has 1 fully saturated rings. The number of rotatable bonds is 3. The summed E-state index contributed by atoms with van der Waals surface area (Å²) in [7, 11) is 1.37. The lowest BCUT2D eigenvalue weighted by atomic mass is 9.93. The molecule has 0 heterocycles. The van der Waals surface area contributed by atoms with E-state index in [2.05, 4.69) is 6.07 Å². The normalized spacial score (nSPS) is 16.4. The van der Waals surface area contributed by atoms with Crippen molar-refractivity contribution in [1.29, 1.82) is 5.26 Å². The topological polar surface area (TPSA) is 53.2 Å². The summed E-state index contributed by atoms with van der Waals surface area (Å²) in [6, 6.07) is 3.85. The fourth-order valence-electron chi connectivity index (χ4n) is 2.09. The Morgan fingerprint density at radius 3 is 2.65 bits per heavy atom. The molecule has 0 saturated heterocycles. The molecule has 2 rings (SSSR count). The third kappa shape index (κ3) is 1.62. The number of aryl methyl sites for hydroxylation is 1. The maximum atomic E-state index is 13.9. The Kier molecular flexibility index (Phi) is 2.70. The molecular formula is C13H14FNO2. The van der Waals surface area contributed by atoms with Crippen LogP contribution in [0.25, 0.3) is 0 Å². The van der Waals surface area contributed by atoms with Crippen molar-refractivity contribution in [3.05, 3.63) is 23.0 Å². The molecule has 90 valence electrons. The first-order chi connectivity index (χ1) is 8.09. The van der Waals surface area contributed by atoms with Crippen LogP contribution in [0.3, 0.4) is 0 Å². The van der Waals surface area contributed by atoms with Gasteiger partial charge >= 0.3 is 0 Å². The van der Waals surface area contributed by atoms with Gasteiger partial charge in [-0.2, -0.15) is 9.65 Å². The Morgan fingerprint density at radius 1 is 1.59 bits per heavy atom. The van der Waals surface area contributed by atoms with Crippen molar-refractivity contribution in [3.63, 3.8) is 0 Å². The van der Waals surface area contributed by atoms with Gasteiger partial charge in [0.1, 0.15) is 0 Å². The molecule has 0 aliphatic heterocycles. The van der Waals surface area contributed by atoms with Gasteiger partial charge in [0.2, 0.25) is 5.82 Å². The largest absolute Gasteiger partial charge is 0.504 e. The van der Waals surface area contributed by atoms with Crippen molar-refractivity contribution in [1.82, 2.24) is 0 Å². The lowest BCUT2D eigenvalue weighted by Crippen LogP contribution is -2.07. The molecule has 1 aromatic rings. The molecule has 0 spiro atoms. The monoisotopic (exact) mass is 235 g/mol. The summed E-state index contributed by atoms with van der Waals surface area (Å²) in [6.07, 6.45) is 1.94. The summed E-state index contributed by atoms with van der Waals surface area (Å²) in [5.41, 5.74) is 0.385. The highest BCUT2D eigenvalue weighted by molar-refractivity contribution is 5.55. The van der Waals surface area contributed by atoms with Crippen LogP contribution in [-0.4, -0.2) is 12.2 Å². The molecule has 3 nitrogen and oxygen atoms in total. The number of ether oxygens (including phenoxy) is 1. The van der Waals surface area contributed by atoms with Crippen LogP contribution in [0.15, 0.2) is 6.07 Å². The van der Waals surface area contributed by atoms with Crippen molar-refractivity contribution in [2.24, 2.45) is 0 Å². The zero-order valence-corrected chi connectivity index (χ0v) is 9.88. The second-order valence-corrected chi connectivity index (χ2v) is 4.33. The third-order valence-electron chi connectivity index (χ3n) is 3.34. The van der Waals surface area contributed by atoms with Crippen LogP contribution in [0.1, 0.15) is 30.9 Å². The molecule has 4 heteroatoms. The van der Waals surface area contributed by atoms with Crippen molar-refractivity contribution >= 4 is 0 Å². The lowest BCUT2D eigenvalue weighted by Gasteiger charge is -2.15. The van der Waals surface area contributed by atoms with E-state index in [0.29, 0.717) is 30.4 Å². The molecule has 1 aliphatic carbocycles. The first-order valence-electron chi connectivity index (χ1n) is 5.59. The lowest BCUT2D eigenvalue weighted by molar-refractivity contribution is 0.357. The smallest absolute Gasteiger partial charge is 0.207 e. The van der Waals surface area contributed by atoms with Crippen LogP contribution in [0.4, 0.5) is 4.39 Å². The highest BCUT2D eigenvalue weighted by Crippen LogP contribution is 2.52. The Morgan fingerprint density at radius 2 is 2.24 bits per heavy atom. The van der Waals surface area contributed by atoms with Crippen LogP contribution >= 0.6 is 0 Å². The van der Waals surface area contributed by atoms with E-state index in [4.69, 9.17) is 10.00 Å². The van der Waals surface area contributed by atoms with E-state index < -0.39 is 17.0 Å². The average molecular weight is 235 g/mol. The van der Waals surface area contributed by atoms with Crippen LogP contribution in [0.5, 0.6) is 11.5 Å². The van der Waals surface area contributed by atoms with Crippen molar-refractivity contribution in [3.8, 4) is 17.6 Å². The summed E-state index contributed by atoms with van der Waals surface area (Å²) < 4.78 is 18.9. The summed E-state index contributed by atoms with van der Waals surface area (Å²) >= 11 is 0. The van der Waals surface area contributed by atoms with E-state index in [1.165, 1.54) is 7.11 Å². The van der Waals surface area contributed by atoms with Gasteiger partial charge in [0.15, 0.2) is 11.5 Å². The minimum atomic E-state index is -0.761. The average Bonchev–Trinajstić information content (AvgIpc) is 3.13. The minimum absolute atomic E-state index is 0.0717. The van der Waals surface area contributed by atoms with Crippen molar-refractivity contribution in [2.45, 2.75) is 31.6 Å². The van der Waals surface area contributed by atoms with E-state index in [0.717, 1.165) is 0 Å². The molecule has 1 aliphatic rings. The fraction of sp³-hybridized carbons (Fsp3) is 0.462. The predicted octanol–water partition coefficient (Wildman–Crippen LogP) is 2.66. The van der Waals surface area contributed by atoms with Gasteiger partial charge in [0.05, 0.1) is 18.6 Å². The predicted molar refractivity (Wildman–Crippen MR) is 60.5 cm³/mol. The summed E-state index contributed by atoms with van der Waals surface area (Å²) in [4.78, 5) is 0. The number of hydrogen-bond donors (Lipinski definition) is 1. The van der Waals surface area contributed by atoms with Gasteiger partial charge in [-0.25, -0.2) is 0 Å². The van der Waals surface area contributed by atoms with Gasteiger partial charge in [-0.05, 0) is 30.9 Å². The number of phenolic OH excluding ortho intramolecular Hbond substituents is 1. The Balaban J connectivity index is 2.64. The van der Waals surface area contributed by atoms with E-state index in [1.807, 2.05) is 6.92 Å². The summed E-state index contributed by atoms with van der Waals surface area (Å²) in [5, 5.41) is 18.9. The molecule has 1 N–H and O–H groups in total. The van der Waals surface area contributed by atoms with Gasteiger partial charge in [-0.1, -0.05) is 6.92 Å². The Hall–Kier alpha value is -1.76. The molecule has 1 aromatic carbocycles. The molecule has 0 unspecified atom stereocenters. The van der Waals surface area contributed by atoms with Gasteiger partial charge in [0, 0.05) is 5.56 Å². The second kappa shape index (κ2) is 3.92. The van der Waals surface area contributed by atoms with E-state index >= 15 is 0 Å². The van der Waals surface area contributed by atoms with Crippen LogP contribution in [0, 0.1) is 17.1 Å². The van der Waals surface area contributed by atoms with Gasteiger partial charge < -0.3 is 9.84 Å². The number of nitriles is 1. The quantitative estimate of drug-likeness (QED) is 0.876. The third-order valence-corrected chi connectivity index (χ3v) is 3.34. The fourth-order valence-corrected chi connectivity index (χ4v) is 2.09. The van der Waals surface area contributed by atoms with Crippen LogP contribution < -0.4 is 4.74 Å². The van der Waals surface area contributed by atoms with Gasteiger partial charge in [0.25, 0.3) is 0 Å². The zero-order chi connectivity index (χ0) is 12.6. The Bertz CT molecular complexity index is 501. The molecule has 1 saturated carbocycles. The molecule has 0 radical (unpaired) electrons. The number of halogens is 1. The van der Waals surface area contributed by atoms with Gasteiger partial charge in [-0.3, -0.25) is 0 Å². The molecule has 0 aromatic heterocycles. The minimum Gasteiger partial charge on any atom is -0.504 e. The highest BCUT2D eigenvalue weighted by atomic mass is 19.1. The number of phenols is 1. The zero-order valence-electron chi connectivity index (χ0n) is 9.88. The number of hydrogen-bond acceptors (Lipinski definition) is 3. The van der Waals surface area contributed by atoms with Gasteiger partial charge in [-0.15, -0.1) is 0 Å². The van der Waals surface area contributed by atoms with E-state index in [9.17, 15) is 9.50 Å². The highest BCUT2D eigenvalue weighted by Gasteiger charge is 2.47. The standard InChI is InChI=1S/C13H14FNO2/c1-3-8-6-9(13(7-15)4-5-13)11(16)10(14)12(8)17-2/h6,16H,3-5H2,1-2H3. The molecule has 17 heavy (non-hydrogen) atoms. The van der Waals surface area contributed by atoms with Crippen molar-refractivity contribution in [2.75, 3.05) is 7.11 Å². The molecule has 0 atom stereocenters. The summed E-state index contributed by atoms with van der Waals surface area (Å²) in [6.45, 7) is 1.88. The SMILES string of the molecule is CCc1cc(C2(C#N)CC2)c(O)c(F)c1OC.